The Morgan fingerprint density at radius 1 is 1.15 bits per heavy atom. The van der Waals surface area contributed by atoms with Crippen molar-refractivity contribution in [3.63, 3.8) is 0 Å². The van der Waals surface area contributed by atoms with Crippen molar-refractivity contribution < 1.29 is 14.7 Å². The standard InChI is InChI=1S/C19H17N3O5/c1-21-16-5-3-2-4-14(16)17(24)22(19(21)27)13-8-6-12(7-9-13)10-15(18(25)26)20-11-23/h2-9,11,15H,10H2,1H3,(H,20,23)(H,25,26). The molecular formula is C19H17N3O5. The molecule has 0 aliphatic heterocycles. The summed E-state index contributed by atoms with van der Waals surface area (Å²) in [4.78, 5) is 47.0. The number of nitrogens with zero attached hydrogens (tertiary/aromatic N) is 2. The van der Waals surface area contributed by atoms with Crippen molar-refractivity contribution in [3.8, 4) is 5.69 Å². The van der Waals surface area contributed by atoms with Crippen LogP contribution in [0.5, 0.6) is 0 Å². The second kappa shape index (κ2) is 7.28. The largest absolute Gasteiger partial charge is 0.480 e. The van der Waals surface area contributed by atoms with Gasteiger partial charge in [-0.3, -0.25) is 14.2 Å². The van der Waals surface area contributed by atoms with E-state index < -0.39 is 23.3 Å². The summed E-state index contributed by atoms with van der Waals surface area (Å²) in [6.07, 6.45) is 0.421. The van der Waals surface area contributed by atoms with Crippen molar-refractivity contribution in [2.75, 3.05) is 0 Å². The molecule has 0 bridgehead atoms. The lowest BCUT2D eigenvalue weighted by Gasteiger charge is -2.13. The Hall–Kier alpha value is -3.68. The highest BCUT2D eigenvalue weighted by atomic mass is 16.4. The van der Waals surface area contributed by atoms with Gasteiger partial charge in [0.25, 0.3) is 5.56 Å². The van der Waals surface area contributed by atoms with E-state index in [1.54, 1.807) is 55.6 Å². The van der Waals surface area contributed by atoms with E-state index in [9.17, 15) is 19.2 Å². The molecule has 1 unspecified atom stereocenters. The van der Waals surface area contributed by atoms with Crippen LogP contribution in [-0.4, -0.2) is 32.7 Å². The van der Waals surface area contributed by atoms with E-state index in [0.29, 0.717) is 28.6 Å². The fraction of sp³-hybridized carbons (Fsp3) is 0.158. The van der Waals surface area contributed by atoms with Crippen LogP contribution in [0.1, 0.15) is 5.56 Å². The maximum atomic E-state index is 12.8. The quantitative estimate of drug-likeness (QED) is 0.614. The minimum atomic E-state index is -1.15. The van der Waals surface area contributed by atoms with Crippen molar-refractivity contribution in [1.29, 1.82) is 0 Å². The number of nitrogens with one attached hydrogen (secondary N) is 1. The number of carbonyl (C=O) groups is 2. The van der Waals surface area contributed by atoms with Crippen LogP contribution in [0.3, 0.4) is 0 Å². The van der Waals surface area contributed by atoms with E-state index in [1.807, 2.05) is 0 Å². The number of rotatable bonds is 6. The van der Waals surface area contributed by atoms with Gasteiger partial charge in [0.2, 0.25) is 6.41 Å². The van der Waals surface area contributed by atoms with Crippen molar-refractivity contribution in [2.24, 2.45) is 7.05 Å². The first-order valence-electron chi connectivity index (χ1n) is 8.16. The summed E-state index contributed by atoms with van der Waals surface area (Å²) in [5.74, 6) is -1.15. The predicted octanol–water partition coefficient (Wildman–Crippen LogP) is 0.431. The van der Waals surface area contributed by atoms with Gasteiger partial charge in [-0.25, -0.2) is 14.2 Å². The second-order valence-corrected chi connectivity index (χ2v) is 6.05. The Balaban J connectivity index is 2.03. The van der Waals surface area contributed by atoms with E-state index in [1.165, 1.54) is 4.57 Å². The predicted molar refractivity (Wildman–Crippen MR) is 99.1 cm³/mol. The van der Waals surface area contributed by atoms with E-state index in [4.69, 9.17) is 5.11 Å². The molecule has 0 fully saturated rings. The average Bonchev–Trinajstić information content (AvgIpc) is 2.67. The number of amides is 1. The van der Waals surface area contributed by atoms with Gasteiger partial charge >= 0.3 is 11.7 Å². The smallest absolute Gasteiger partial charge is 0.335 e. The van der Waals surface area contributed by atoms with Gasteiger partial charge < -0.3 is 10.4 Å². The number of aliphatic carboxylic acids is 1. The number of carboxylic acids is 1. The Kier molecular flexibility index (Phi) is 4.89. The second-order valence-electron chi connectivity index (χ2n) is 6.05. The SMILES string of the molecule is Cn1c(=O)n(-c2ccc(CC(NC=O)C(=O)O)cc2)c(=O)c2ccccc21. The Labute approximate surface area is 153 Å². The third-order valence-corrected chi connectivity index (χ3v) is 4.38. The molecule has 27 heavy (non-hydrogen) atoms. The van der Waals surface area contributed by atoms with Crippen molar-refractivity contribution in [1.82, 2.24) is 14.5 Å². The number of para-hydroxylation sites is 1. The maximum Gasteiger partial charge on any atom is 0.335 e. The summed E-state index contributed by atoms with van der Waals surface area (Å²) in [6, 6.07) is 12.2. The number of aryl methyl sites for hydroxylation is 1. The van der Waals surface area contributed by atoms with Gasteiger partial charge in [-0.2, -0.15) is 0 Å². The van der Waals surface area contributed by atoms with Crippen LogP contribution in [-0.2, 0) is 23.1 Å². The van der Waals surface area contributed by atoms with Crippen LogP contribution in [0, 0.1) is 0 Å². The maximum absolute atomic E-state index is 12.8. The van der Waals surface area contributed by atoms with Crippen LogP contribution >= 0.6 is 0 Å². The third-order valence-electron chi connectivity index (χ3n) is 4.38. The molecule has 1 atom stereocenters. The Morgan fingerprint density at radius 3 is 2.44 bits per heavy atom. The normalized spacial score (nSPS) is 11.9. The first kappa shape index (κ1) is 18.1. The lowest BCUT2D eigenvalue weighted by Crippen LogP contribution is -2.38. The molecule has 0 saturated heterocycles. The van der Waals surface area contributed by atoms with Gasteiger partial charge in [0.1, 0.15) is 6.04 Å². The molecule has 2 N–H and O–H groups in total. The molecule has 1 aromatic heterocycles. The topological polar surface area (TPSA) is 110 Å². The lowest BCUT2D eigenvalue weighted by atomic mass is 10.1. The molecule has 1 amide bonds. The van der Waals surface area contributed by atoms with Gasteiger partial charge in [-0.1, -0.05) is 24.3 Å². The van der Waals surface area contributed by atoms with E-state index >= 15 is 0 Å². The molecule has 8 nitrogen and oxygen atoms in total. The van der Waals surface area contributed by atoms with E-state index in [2.05, 4.69) is 5.32 Å². The fourth-order valence-corrected chi connectivity index (χ4v) is 2.95. The first-order valence-corrected chi connectivity index (χ1v) is 8.16. The number of carbonyl (C=O) groups excluding carboxylic acids is 1. The zero-order chi connectivity index (χ0) is 19.6. The number of hydrogen-bond donors (Lipinski definition) is 2. The summed E-state index contributed by atoms with van der Waals surface area (Å²) in [5.41, 5.74) is 0.672. The van der Waals surface area contributed by atoms with Crippen molar-refractivity contribution in [3.05, 3.63) is 74.9 Å². The van der Waals surface area contributed by atoms with E-state index in [-0.39, 0.29) is 6.42 Å². The van der Waals surface area contributed by atoms with Crippen LogP contribution in [0.4, 0.5) is 0 Å². The fourth-order valence-electron chi connectivity index (χ4n) is 2.95. The number of carboxylic acid groups (broad SMARTS) is 1. The molecular weight excluding hydrogens is 350 g/mol. The molecule has 0 aliphatic carbocycles. The molecule has 3 aromatic rings. The highest BCUT2D eigenvalue weighted by molar-refractivity contribution is 5.78. The van der Waals surface area contributed by atoms with Crippen LogP contribution in [0.2, 0.25) is 0 Å². The molecule has 0 aliphatic rings. The van der Waals surface area contributed by atoms with Gasteiger partial charge in [-0.15, -0.1) is 0 Å². The van der Waals surface area contributed by atoms with Crippen molar-refractivity contribution in [2.45, 2.75) is 12.5 Å². The van der Waals surface area contributed by atoms with Crippen LogP contribution in [0.25, 0.3) is 16.6 Å². The molecule has 0 spiro atoms. The number of hydrogen-bond acceptors (Lipinski definition) is 4. The summed E-state index contributed by atoms with van der Waals surface area (Å²) in [7, 11) is 1.59. The monoisotopic (exact) mass is 367 g/mol. The average molecular weight is 367 g/mol. The Bertz CT molecular complexity index is 1130. The van der Waals surface area contributed by atoms with Gasteiger partial charge in [0, 0.05) is 13.5 Å². The van der Waals surface area contributed by atoms with Crippen LogP contribution in [0.15, 0.2) is 58.1 Å². The molecule has 2 aromatic carbocycles. The van der Waals surface area contributed by atoms with Crippen molar-refractivity contribution >= 4 is 23.3 Å². The van der Waals surface area contributed by atoms with Crippen LogP contribution < -0.4 is 16.6 Å². The molecule has 138 valence electrons. The summed E-state index contributed by atoms with van der Waals surface area (Å²) >= 11 is 0. The molecule has 0 saturated carbocycles. The first-order chi connectivity index (χ1) is 12.9. The van der Waals surface area contributed by atoms with Gasteiger partial charge in [0.05, 0.1) is 16.6 Å². The number of benzene rings is 2. The highest BCUT2D eigenvalue weighted by Crippen LogP contribution is 2.11. The lowest BCUT2D eigenvalue weighted by molar-refractivity contribution is -0.140. The van der Waals surface area contributed by atoms with E-state index in [0.717, 1.165) is 4.57 Å². The highest BCUT2D eigenvalue weighted by Gasteiger charge is 2.17. The summed E-state index contributed by atoms with van der Waals surface area (Å²) < 4.78 is 2.48. The van der Waals surface area contributed by atoms with Gasteiger partial charge in [-0.05, 0) is 29.8 Å². The summed E-state index contributed by atoms with van der Waals surface area (Å²) in [5, 5.41) is 11.7. The zero-order valence-corrected chi connectivity index (χ0v) is 14.5. The third kappa shape index (κ3) is 3.37. The summed E-state index contributed by atoms with van der Waals surface area (Å²) in [6.45, 7) is 0. The van der Waals surface area contributed by atoms with Gasteiger partial charge in [0.15, 0.2) is 0 Å². The number of aromatic nitrogens is 2. The minimum absolute atomic E-state index is 0.0823. The number of fused-ring (bicyclic) bond motifs is 1. The zero-order valence-electron chi connectivity index (χ0n) is 14.5. The molecule has 8 heteroatoms. The minimum Gasteiger partial charge on any atom is -0.480 e. The molecule has 0 radical (unpaired) electrons. The Morgan fingerprint density at radius 2 is 1.81 bits per heavy atom. The molecule has 3 rings (SSSR count). The molecule has 1 heterocycles.